The summed E-state index contributed by atoms with van der Waals surface area (Å²) >= 11 is 0. The summed E-state index contributed by atoms with van der Waals surface area (Å²) in [5.41, 5.74) is -0.533. The molecule has 210 valence electrons. The number of aromatic nitrogens is 2. The van der Waals surface area contributed by atoms with Gasteiger partial charge in [0.25, 0.3) is 11.2 Å². The minimum absolute atomic E-state index is 0.0494. The highest BCUT2D eigenvalue weighted by Crippen LogP contribution is 2.41. The molecule has 4 atom stereocenters. The Morgan fingerprint density at radius 2 is 1.88 bits per heavy atom. The van der Waals surface area contributed by atoms with Crippen molar-refractivity contribution < 1.29 is 24.6 Å². The van der Waals surface area contributed by atoms with Gasteiger partial charge >= 0.3 is 5.69 Å². The van der Waals surface area contributed by atoms with Crippen molar-refractivity contribution in [1.29, 1.82) is 0 Å². The van der Waals surface area contributed by atoms with E-state index in [1.807, 2.05) is 51.1 Å². The maximum absolute atomic E-state index is 12.6. The summed E-state index contributed by atoms with van der Waals surface area (Å²) in [7, 11) is 0. The molecular weight excluding hydrogens is 518 g/mol. The van der Waals surface area contributed by atoms with Crippen LogP contribution in [0.15, 0.2) is 64.3 Å². The van der Waals surface area contributed by atoms with Crippen LogP contribution in [0.25, 0.3) is 0 Å². The zero-order valence-corrected chi connectivity index (χ0v) is 22.4. The van der Waals surface area contributed by atoms with Crippen LogP contribution >= 0.6 is 0 Å². The molecule has 0 spiro atoms. The van der Waals surface area contributed by atoms with Crippen LogP contribution in [-0.4, -0.2) is 43.5 Å². The molecule has 3 aromatic rings. The van der Waals surface area contributed by atoms with Gasteiger partial charge in [0, 0.05) is 29.8 Å². The lowest BCUT2D eigenvalue weighted by Crippen LogP contribution is -2.35. The van der Waals surface area contributed by atoms with Crippen molar-refractivity contribution in [2.75, 3.05) is 6.61 Å². The van der Waals surface area contributed by atoms with Gasteiger partial charge in [0.2, 0.25) is 0 Å². The normalized spacial score (nSPS) is 19.6. The van der Waals surface area contributed by atoms with Crippen molar-refractivity contribution in [2.24, 2.45) is 5.41 Å². The molecule has 3 N–H and O–H groups in total. The van der Waals surface area contributed by atoms with Gasteiger partial charge in [-0.2, -0.15) is 0 Å². The fourth-order valence-electron chi connectivity index (χ4n) is 4.54. The molecule has 2 heterocycles. The topological polar surface area (TPSA) is 157 Å². The smallest absolute Gasteiger partial charge is 0.330 e. The zero-order chi connectivity index (χ0) is 29.0. The Kier molecular flexibility index (Phi) is 8.66. The Labute approximate surface area is 230 Å². The first-order valence-corrected chi connectivity index (χ1v) is 12.7. The maximum atomic E-state index is 12.6. The van der Waals surface area contributed by atoms with Gasteiger partial charge in [-0.3, -0.25) is 24.5 Å². The molecule has 0 bridgehead atoms. The number of benzene rings is 2. The number of aromatic amines is 1. The van der Waals surface area contributed by atoms with E-state index in [1.165, 1.54) is 12.3 Å². The highest BCUT2D eigenvalue weighted by atomic mass is 16.6. The third-order valence-corrected chi connectivity index (χ3v) is 6.56. The number of aliphatic hydroxyl groups excluding tert-OH is 2. The van der Waals surface area contributed by atoms with Crippen LogP contribution in [0, 0.1) is 27.4 Å². The molecule has 0 saturated carbocycles. The predicted octanol–water partition coefficient (Wildman–Crippen LogP) is 2.79. The fourth-order valence-corrected chi connectivity index (χ4v) is 4.54. The van der Waals surface area contributed by atoms with Crippen LogP contribution in [0.5, 0.6) is 0 Å². The van der Waals surface area contributed by atoms with Gasteiger partial charge in [-0.25, -0.2) is 4.79 Å². The Bertz CT molecular complexity index is 1550. The Morgan fingerprint density at radius 1 is 1.18 bits per heavy atom. The average molecular weight is 550 g/mol. The summed E-state index contributed by atoms with van der Waals surface area (Å²) < 4.78 is 12.8. The molecular formula is C29H31N3O8. The van der Waals surface area contributed by atoms with Crippen LogP contribution in [-0.2, 0) is 16.1 Å². The standard InChI is InChI=1S/C29H31N3O8/c1-29(2,3)26(21-12-11-19(13-22(21)32(37)38)10-9-18-7-5-4-6-8-18)39-17-20-15-31(28(36)30-27(20)35)25-14-23(34)24(16-33)40-25/h4-8,11-13,15,23-26,33-34H,14,16-17H2,1-3H3,(H,30,35,36)/t23-,24+,25+,26+/m0/s1. The molecule has 1 aliphatic rings. The largest absolute Gasteiger partial charge is 0.394 e. The monoisotopic (exact) mass is 549 g/mol. The van der Waals surface area contributed by atoms with Crippen molar-refractivity contribution in [3.63, 3.8) is 0 Å². The molecule has 11 nitrogen and oxygen atoms in total. The predicted molar refractivity (Wildman–Crippen MR) is 145 cm³/mol. The Balaban J connectivity index is 1.63. The van der Waals surface area contributed by atoms with Crippen molar-refractivity contribution in [1.82, 2.24) is 9.55 Å². The molecule has 1 aliphatic heterocycles. The highest BCUT2D eigenvalue weighted by molar-refractivity contribution is 5.52. The quantitative estimate of drug-likeness (QED) is 0.231. The van der Waals surface area contributed by atoms with E-state index >= 15 is 0 Å². The second-order valence-electron chi connectivity index (χ2n) is 10.6. The third-order valence-electron chi connectivity index (χ3n) is 6.56. The summed E-state index contributed by atoms with van der Waals surface area (Å²) in [6.45, 7) is 4.90. The van der Waals surface area contributed by atoms with Crippen LogP contribution in [0.1, 0.15) is 61.8 Å². The van der Waals surface area contributed by atoms with Crippen LogP contribution in [0.3, 0.4) is 0 Å². The first-order chi connectivity index (χ1) is 19.0. The number of ether oxygens (including phenoxy) is 2. The average Bonchev–Trinajstić information content (AvgIpc) is 3.29. The highest BCUT2D eigenvalue weighted by Gasteiger charge is 2.36. The van der Waals surface area contributed by atoms with E-state index in [-0.39, 0.29) is 24.3 Å². The van der Waals surface area contributed by atoms with Gasteiger partial charge in [-0.15, -0.1) is 0 Å². The van der Waals surface area contributed by atoms with Crippen molar-refractivity contribution in [3.8, 4) is 11.8 Å². The summed E-state index contributed by atoms with van der Waals surface area (Å²) in [6.07, 6.45) is -2.18. The molecule has 11 heteroatoms. The van der Waals surface area contributed by atoms with E-state index in [9.17, 15) is 29.9 Å². The van der Waals surface area contributed by atoms with Gasteiger partial charge in [-0.1, -0.05) is 50.8 Å². The first-order valence-electron chi connectivity index (χ1n) is 12.7. The number of H-pyrrole nitrogens is 1. The number of hydrogen-bond acceptors (Lipinski definition) is 8. The van der Waals surface area contributed by atoms with Crippen molar-refractivity contribution in [2.45, 2.75) is 58.3 Å². The van der Waals surface area contributed by atoms with Gasteiger partial charge in [0.15, 0.2) is 0 Å². The summed E-state index contributed by atoms with van der Waals surface area (Å²) in [4.78, 5) is 38.9. The first kappa shape index (κ1) is 28.9. The van der Waals surface area contributed by atoms with Crippen LogP contribution < -0.4 is 11.2 Å². The van der Waals surface area contributed by atoms with E-state index < -0.39 is 52.7 Å². The molecule has 0 unspecified atom stereocenters. The van der Waals surface area contributed by atoms with Gasteiger partial charge in [-0.05, 0) is 29.7 Å². The minimum Gasteiger partial charge on any atom is -0.394 e. The van der Waals surface area contributed by atoms with Gasteiger partial charge in [0.1, 0.15) is 12.3 Å². The summed E-state index contributed by atoms with van der Waals surface area (Å²) in [5.74, 6) is 5.95. The van der Waals surface area contributed by atoms with Crippen molar-refractivity contribution >= 4 is 5.69 Å². The zero-order valence-electron chi connectivity index (χ0n) is 22.4. The molecule has 0 amide bonds. The number of rotatable bonds is 7. The lowest BCUT2D eigenvalue weighted by atomic mass is 9.83. The third kappa shape index (κ3) is 6.55. The van der Waals surface area contributed by atoms with Crippen LogP contribution in [0.4, 0.5) is 5.69 Å². The molecule has 1 fully saturated rings. The SMILES string of the molecule is CC(C)(C)[C@H](OCc1cn([C@H]2C[C@H](O)[C@@H](CO)O2)c(=O)[nH]c1=O)c1ccc(C#Cc2ccccc2)cc1[N+](=O)[O-]. The number of nitro benzene ring substituents is 1. The lowest BCUT2D eigenvalue weighted by molar-refractivity contribution is -0.386. The lowest BCUT2D eigenvalue weighted by Gasteiger charge is -2.31. The van der Waals surface area contributed by atoms with Crippen molar-refractivity contribution in [3.05, 3.63) is 108 Å². The molecule has 0 aliphatic carbocycles. The number of nitrogens with one attached hydrogen (secondary N) is 1. The molecule has 2 aromatic carbocycles. The number of nitro groups is 1. The molecule has 4 rings (SSSR count). The minimum atomic E-state index is -0.972. The number of hydrogen-bond donors (Lipinski definition) is 3. The summed E-state index contributed by atoms with van der Waals surface area (Å²) in [6, 6.07) is 14.0. The molecule has 40 heavy (non-hydrogen) atoms. The van der Waals surface area contributed by atoms with Gasteiger partial charge in [0.05, 0.1) is 41.5 Å². The van der Waals surface area contributed by atoms with E-state index in [1.54, 1.807) is 12.1 Å². The molecule has 0 radical (unpaired) electrons. The van der Waals surface area contributed by atoms with E-state index in [4.69, 9.17) is 9.47 Å². The molecule has 1 saturated heterocycles. The van der Waals surface area contributed by atoms with Gasteiger partial charge < -0.3 is 19.7 Å². The number of aliphatic hydroxyl groups is 2. The van der Waals surface area contributed by atoms with E-state index in [0.29, 0.717) is 11.1 Å². The second kappa shape index (κ2) is 12.0. The second-order valence-corrected chi connectivity index (χ2v) is 10.6. The Morgan fingerprint density at radius 3 is 2.50 bits per heavy atom. The summed E-state index contributed by atoms with van der Waals surface area (Å²) in [5, 5.41) is 31.5. The fraction of sp³-hybridized carbons (Fsp3) is 0.379. The van der Waals surface area contributed by atoms with E-state index in [0.717, 1.165) is 10.1 Å². The maximum Gasteiger partial charge on any atom is 0.330 e. The van der Waals surface area contributed by atoms with E-state index in [2.05, 4.69) is 16.8 Å². The molecule has 1 aromatic heterocycles. The number of nitrogens with zero attached hydrogens (tertiary/aromatic N) is 2. The van der Waals surface area contributed by atoms with Crippen LogP contribution in [0.2, 0.25) is 0 Å². The Hall–Kier alpha value is -4.08.